The van der Waals surface area contributed by atoms with E-state index in [2.05, 4.69) is 5.10 Å². The van der Waals surface area contributed by atoms with E-state index in [1.807, 2.05) is 0 Å². The number of thiocarbonyl (C=S) groups is 1. The second-order valence-corrected chi connectivity index (χ2v) is 4.75. The molecule has 0 saturated heterocycles. The number of benzene rings is 1. The van der Waals surface area contributed by atoms with Crippen LogP contribution in [0.2, 0.25) is 5.02 Å². The molecular formula is C12H10ClN3O2S. The molecule has 1 heterocycles. The highest BCUT2D eigenvalue weighted by molar-refractivity contribution is 7.80. The molecule has 0 radical (unpaired) electrons. The Morgan fingerprint density at radius 3 is 2.68 bits per heavy atom. The molecule has 0 atom stereocenters. The first-order valence-electron chi connectivity index (χ1n) is 5.36. The lowest BCUT2D eigenvalue weighted by Crippen LogP contribution is -2.28. The summed E-state index contributed by atoms with van der Waals surface area (Å²) in [4.78, 5) is 23.0. The highest BCUT2D eigenvalue weighted by Gasteiger charge is 2.06. The quantitative estimate of drug-likeness (QED) is 0.824. The third-order valence-electron chi connectivity index (χ3n) is 2.55. The van der Waals surface area contributed by atoms with Gasteiger partial charge in [0.1, 0.15) is 4.99 Å². The van der Waals surface area contributed by atoms with Gasteiger partial charge < -0.3 is 5.73 Å². The highest BCUT2D eigenvalue weighted by Crippen LogP contribution is 2.18. The number of hydrogen-bond donors (Lipinski definition) is 2. The summed E-state index contributed by atoms with van der Waals surface area (Å²) < 4.78 is 1.18. The van der Waals surface area contributed by atoms with Gasteiger partial charge in [-0.05, 0) is 11.6 Å². The summed E-state index contributed by atoms with van der Waals surface area (Å²) in [5.74, 6) is 0. The minimum Gasteiger partial charge on any atom is -0.389 e. The molecule has 2 rings (SSSR count). The van der Waals surface area contributed by atoms with Gasteiger partial charge in [-0.15, -0.1) is 0 Å². The second kappa shape index (κ2) is 5.38. The number of H-pyrrole nitrogens is 1. The zero-order valence-electron chi connectivity index (χ0n) is 9.72. The number of hydrogen-bond acceptors (Lipinski definition) is 3. The number of aromatic amines is 1. The zero-order valence-corrected chi connectivity index (χ0v) is 11.3. The summed E-state index contributed by atoms with van der Waals surface area (Å²) in [6, 6.07) is 7.45. The number of halogens is 1. The van der Waals surface area contributed by atoms with E-state index in [9.17, 15) is 9.59 Å². The Morgan fingerprint density at radius 2 is 2.05 bits per heavy atom. The summed E-state index contributed by atoms with van der Waals surface area (Å²) in [7, 11) is 0. The van der Waals surface area contributed by atoms with E-state index in [4.69, 9.17) is 29.6 Å². The van der Waals surface area contributed by atoms with Crippen molar-refractivity contribution >= 4 is 28.8 Å². The number of nitrogens with zero attached hydrogens (tertiary/aromatic N) is 1. The van der Waals surface area contributed by atoms with Crippen molar-refractivity contribution in [2.24, 2.45) is 5.73 Å². The monoisotopic (exact) mass is 295 g/mol. The Hall–Kier alpha value is -1.92. The molecular weight excluding hydrogens is 286 g/mol. The van der Waals surface area contributed by atoms with Crippen molar-refractivity contribution in [3.63, 3.8) is 0 Å². The number of nitrogens with two attached hydrogens (primary N) is 1. The summed E-state index contributed by atoms with van der Waals surface area (Å²) in [6.45, 7) is 0.172. The first-order chi connectivity index (χ1) is 8.97. The zero-order chi connectivity index (χ0) is 14.0. The van der Waals surface area contributed by atoms with Gasteiger partial charge in [-0.3, -0.25) is 14.7 Å². The fourth-order valence-electron chi connectivity index (χ4n) is 1.58. The van der Waals surface area contributed by atoms with Crippen molar-refractivity contribution in [3.05, 3.63) is 67.2 Å². The van der Waals surface area contributed by atoms with Crippen LogP contribution in [0.15, 0.2) is 39.9 Å². The topological polar surface area (TPSA) is 80.9 Å². The molecule has 0 bridgehead atoms. The van der Waals surface area contributed by atoms with E-state index < -0.39 is 0 Å². The van der Waals surface area contributed by atoms with Crippen LogP contribution in [0.1, 0.15) is 11.1 Å². The maximum Gasteiger partial charge on any atom is 0.265 e. The van der Waals surface area contributed by atoms with Gasteiger partial charge in [0.05, 0.1) is 6.54 Å². The van der Waals surface area contributed by atoms with E-state index in [0.717, 1.165) is 0 Å². The summed E-state index contributed by atoms with van der Waals surface area (Å²) >= 11 is 10.9. The Balaban J connectivity index is 2.39. The Morgan fingerprint density at radius 1 is 1.32 bits per heavy atom. The second-order valence-electron chi connectivity index (χ2n) is 3.90. The van der Waals surface area contributed by atoms with Gasteiger partial charge in [-0.25, -0.2) is 4.68 Å². The van der Waals surface area contributed by atoms with Gasteiger partial charge in [0.2, 0.25) is 0 Å². The third-order valence-corrected chi connectivity index (χ3v) is 3.14. The molecule has 0 aliphatic carbocycles. The van der Waals surface area contributed by atoms with Crippen LogP contribution in [0, 0.1) is 0 Å². The molecule has 0 amide bonds. The summed E-state index contributed by atoms with van der Waals surface area (Å²) in [5.41, 5.74) is 6.17. The van der Waals surface area contributed by atoms with Gasteiger partial charge in [0.25, 0.3) is 11.1 Å². The van der Waals surface area contributed by atoms with Crippen molar-refractivity contribution < 1.29 is 0 Å². The van der Waals surface area contributed by atoms with Crippen molar-refractivity contribution in [3.8, 4) is 0 Å². The van der Waals surface area contributed by atoms with Crippen LogP contribution in [0.4, 0.5) is 0 Å². The lowest BCUT2D eigenvalue weighted by Gasteiger charge is -2.08. The molecule has 0 saturated carbocycles. The van der Waals surface area contributed by atoms with E-state index in [1.165, 1.54) is 16.8 Å². The van der Waals surface area contributed by atoms with Crippen molar-refractivity contribution in [2.75, 3.05) is 0 Å². The molecule has 7 heteroatoms. The fourth-order valence-corrected chi connectivity index (χ4v) is 1.95. The molecule has 0 unspecified atom stereocenters. The SMILES string of the molecule is NC(=S)c1ccc(Cn2[nH]c(=O)ccc2=O)c(Cl)c1. The maximum atomic E-state index is 11.6. The standard InChI is InChI=1S/C12H10ClN3O2S/c13-9-5-7(12(14)19)1-2-8(9)6-16-11(18)4-3-10(17)15-16/h1-5H,6H2,(H2,14,19)(H,15,17). The molecule has 19 heavy (non-hydrogen) atoms. The van der Waals surface area contributed by atoms with Gasteiger partial charge >= 0.3 is 0 Å². The smallest absolute Gasteiger partial charge is 0.265 e. The molecule has 98 valence electrons. The Labute approximate surface area is 118 Å². The highest BCUT2D eigenvalue weighted by atomic mass is 35.5. The molecule has 1 aromatic carbocycles. The molecule has 0 spiro atoms. The average Bonchev–Trinajstić information content (AvgIpc) is 2.36. The first-order valence-corrected chi connectivity index (χ1v) is 6.14. The molecule has 0 fully saturated rings. The number of rotatable bonds is 3. The number of nitrogens with one attached hydrogen (secondary N) is 1. The van der Waals surface area contributed by atoms with Gasteiger partial charge in [-0.2, -0.15) is 0 Å². The lowest BCUT2D eigenvalue weighted by atomic mass is 10.1. The van der Waals surface area contributed by atoms with Gasteiger partial charge in [0, 0.05) is 22.7 Å². The van der Waals surface area contributed by atoms with Crippen LogP contribution >= 0.6 is 23.8 Å². The fraction of sp³-hybridized carbons (Fsp3) is 0.0833. The van der Waals surface area contributed by atoms with E-state index in [-0.39, 0.29) is 22.7 Å². The Kier molecular flexibility index (Phi) is 3.82. The average molecular weight is 296 g/mol. The van der Waals surface area contributed by atoms with Crippen LogP contribution in [-0.2, 0) is 6.54 Å². The summed E-state index contributed by atoms with van der Waals surface area (Å²) in [6.07, 6.45) is 0. The van der Waals surface area contributed by atoms with Crippen molar-refractivity contribution in [1.29, 1.82) is 0 Å². The van der Waals surface area contributed by atoms with E-state index in [1.54, 1.807) is 18.2 Å². The van der Waals surface area contributed by atoms with Crippen LogP contribution in [0.5, 0.6) is 0 Å². The minimum absolute atomic E-state index is 0.172. The molecule has 1 aromatic heterocycles. The van der Waals surface area contributed by atoms with Crippen LogP contribution in [0.25, 0.3) is 0 Å². The normalized spacial score (nSPS) is 10.4. The van der Waals surface area contributed by atoms with Crippen molar-refractivity contribution in [2.45, 2.75) is 6.54 Å². The van der Waals surface area contributed by atoms with Gasteiger partial charge in [-0.1, -0.05) is 36.0 Å². The van der Waals surface area contributed by atoms with Crippen LogP contribution in [-0.4, -0.2) is 14.8 Å². The molecule has 0 aliphatic rings. The number of aromatic nitrogens is 2. The predicted molar refractivity (Wildman–Crippen MR) is 77.8 cm³/mol. The predicted octanol–water partition coefficient (Wildman–Crippen LogP) is 0.873. The first kappa shape index (κ1) is 13.5. The molecule has 3 N–H and O–H groups in total. The lowest BCUT2D eigenvalue weighted by molar-refractivity contribution is 0.627. The van der Waals surface area contributed by atoms with Gasteiger partial charge in [0.15, 0.2) is 0 Å². The van der Waals surface area contributed by atoms with Crippen molar-refractivity contribution in [1.82, 2.24) is 9.78 Å². The Bertz CT molecular complexity index is 751. The third kappa shape index (κ3) is 3.10. The largest absolute Gasteiger partial charge is 0.389 e. The summed E-state index contributed by atoms with van der Waals surface area (Å²) in [5, 5.41) is 2.86. The van der Waals surface area contributed by atoms with Crippen LogP contribution < -0.4 is 16.9 Å². The van der Waals surface area contributed by atoms with E-state index in [0.29, 0.717) is 16.1 Å². The maximum absolute atomic E-state index is 11.6. The molecule has 0 aliphatic heterocycles. The molecule has 2 aromatic rings. The van der Waals surface area contributed by atoms with E-state index >= 15 is 0 Å². The molecule has 5 nitrogen and oxygen atoms in total. The minimum atomic E-state index is -0.351. The van der Waals surface area contributed by atoms with Crippen LogP contribution in [0.3, 0.4) is 0 Å².